The van der Waals surface area contributed by atoms with Crippen molar-refractivity contribution in [1.82, 2.24) is 0 Å². The Hall–Kier alpha value is -2.41. The van der Waals surface area contributed by atoms with Crippen LogP contribution in [0.2, 0.25) is 0 Å². The quantitative estimate of drug-likeness (QED) is 0.640. The third kappa shape index (κ3) is 3.02. The van der Waals surface area contributed by atoms with Crippen LogP contribution in [0.15, 0.2) is 48.5 Å². The molecule has 2 aliphatic heterocycles. The lowest BCUT2D eigenvalue weighted by molar-refractivity contribution is -0.256. The summed E-state index contributed by atoms with van der Waals surface area (Å²) < 4.78 is 13.3. The Kier molecular flexibility index (Phi) is 4.33. The van der Waals surface area contributed by atoms with E-state index in [0.717, 1.165) is 36.4 Å². The number of ether oxygens (including phenoxy) is 2. The number of nitrogens with one attached hydrogen (secondary N) is 1. The molecule has 6 heteroatoms. The lowest BCUT2D eigenvalue weighted by Gasteiger charge is -2.32. The van der Waals surface area contributed by atoms with Crippen LogP contribution in [-0.2, 0) is 26.6 Å². The highest BCUT2D eigenvalue weighted by Crippen LogP contribution is 2.47. The van der Waals surface area contributed by atoms with Crippen LogP contribution in [0.25, 0.3) is 10.1 Å². The molecule has 1 aromatic heterocycles. The fourth-order valence-corrected chi connectivity index (χ4v) is 5.42. The summed E-state index contributed by atoms with van der Waals surface area (Å²) in [6.07, 6.45) is 3.21. The molecule has 0 atom stereocenters. The molecule has 1 spiro atoms. The molecule has 5 nitrogen and oxygen atoms in total. The van der Waals surface area contributed by atoms with Crippen molar-refractivity contribution in [3.8, 4) is 0 Å². The number of hydrogen-bond donors (Lipinski definition) is 1. The summed E-state index contributed by atoms with van der Waals surface area (Å²) in [5.74, 6) is -0.727. The van der Waals surface area contributed by atoms with E-state index < -0.39 is 5.79 Å². The predicted octanol–water partition coefficient (Wildman–Crippen LogP) is 4.86. The maximum Gasteiger partial charge on any atom is 0.292 e. The van der Waals surface area contributed by atoms with Crippen LogP contribution >= 0.6 is 11.3 Å². The molecule has 1 N–H and O–H groups in total. The second-order valence-electron chi connectivity index (χ2n) is 8.36. The van der Waals surface area contributed by atoms with Crippen LogP contribution in [0.3, 0.4) is 0 Å². The van der Waals surface area contributed by atoms with E-state index in [1.807, 2.05) is 17.0 Å². The first-order valence-corrected chi connectivity index (χ1v) is 11.5. The molecule has 0 bridgehead atoms. The Morgan fingerprint density at radius 2 is 1.93 bits per heavy atom. The number of carbonyl (C=O) groups is 1. The molecule has 3 aromatic rings. The van der Waals surface area contributed by atoms with Crippen molar-refractivity contribution in [2.45, 2.75) is 31.6 Å². The van der Waals surface area contributed by atoms with E-state index in [1.54, 1.807) is 11.3 Å². The summed E-state index contributed by atoms with van der Waals surface area (Å²) in [7, 11) is 0. The minimum atomic E-state index is -1.27. The standard InChI is InChI=1S/C24H24N2O3S/c27-23-24(28-10-3-11-29-24)20-13-18(8-9-21(20)26(23)15-16-6-7-16)25-14-19-12-17-4-1-2-5-22(17)30-19/h1-2,4-5,8-9,12-13,16,25H,3,6-7,10-11,14-15H2. The molecule has 1 saturated heterocycles. The van der Waals surface area contributed by atoms with Crippen molar-refractivity contribution in [3.05, 3.63) is 59.0 Å². The SMILES string of the molecule is O=C1N(CC2CC2)c2ccc(NCc3cc4ccccc4s3)cc2C12OCCCO2. The maximum absolute atomic E-state index is 13.3. The number of thiophene rings is 1. The van der Waals surface area contributed by atoms with Crippen LogP contribution in [-0.4, -0.2) is 25.7 Å². The Labute approximate surface area is 179 Å². The fraction of sp³-hybridized carbons (Fsp3) is 0.375. The molecular weight excluding hydrogens is 396 g/mol. The molecule has 30 heavy (non-hydrogen) atoms. The number of rotatable bonds is 5. The van der Waals surface area contributed by atoms with Gasteiger partial charge in [0.05, 0.1) is 18.9 Å². The van der Waals surface area contributed by atoms with Crippen LogP contribution < -0.4 is 10.2 Å². The van der Waals surface area contributed by atoms with Crippen LogP contribution in [0.1, 0.15) is 29.7 Å². The van der Waals surface area contributed by atoms with Crippen molar-refractivity contribution in [1.29, 1.82) is 0 Å². The van der Waals surface area contributed by atoms with Gasteiger partial charge in [0.1, 0.15) is 0 Å². The first kappa shape index (κ1) is 18.4. The van der Waals surface area contributed by atoms with E-state index in [0.29, 0.717) is 19.1 Å². The third-order valence-electron chi connectivity index (χ3n) is 6.15. The van der Waals surface area contributed by atoms with Gasteiger partial charge >= 0.3 is 0 Å². The summed E-state index contributed by atoms with van der Waals surface area (Å²) >= 11 is 1.80. The minimum Gasteiger partial charge on any atom is -0.380 e. The number of fused-ring (bicyclic) bond motifs is 3. The van der Waals surface area contributed by atoms with Crippen molar-refractivity contribution in [2.24, 2.45) is 5.92 Å². The summed E-state index contributed by atoms with van der Waals surface area (Å²) in [6, 6.07) is 16.8. The van der Waals surface area contributed by atoms with Crippen molar-refractivity contribution >= 4 is 38.7 Å². The van der Waals surface area contributed by atoms with E-state index in [1.165, 1.54) is 27.8 Å². The van der Waals surface area contributed by atoms with E-state index in [4.69, 9.17) is 9.47 Å². The largest absolute Gasteiger partial charge is 0.380 e. The lowest BCUT2D eigenvalue weighted by Crippen LogP contribution is -2.47. The second-order valence-corrected chi connectivity index (χ2v) is 9.53. The molecule has 154 valence electrons. The molecule has 2 aromatic carbocycles. The normalized spacial score (nSPS) is 20.1. The number of anilines is 2. The number of carbonyl (C=O) groups excluding carboxylic acids is 1. The van der Waals surface area contributed by atoms with Gasteiger partial charge in [0.25, 0.3) is 11.7 Å². The van der Waals surface area contributed by atoms with E-state index in [2.05, 4.69) is 41.7 Å². The highest BCUT2D eigenvalue weighted by molar-refractivity contribution is 7.19. The van der Waals surface area contributed by atoms with Gasteiger partial charge in [-0.1, -0.05) is 18.2 Å². The van der Waals surface area contributed by atoms with Gasteiger partial charge in [-0.3, -0.25) is 4.79 Å². The molecule has 6 rings (SSSR count). The summed E-state index contributed by atoms with van der Waals surface area (Å²) in [4.78, 5) is 16.5. The molecule has 0 radical (unpaired) electrons. The van der Waals surface area contributed by atoms with Gasteiger partial charge in [-0.15, -0.1) is 11.3 Å². The molecule has 1 aliphatic carbocycles. The zero-order valence-electron chi connectivity index (χ0n) is 16.7. The predicted molar refractivity (Wildman–Crippen MR) is 119 cm³/mol. The Morgan fingerprint density at radius 1 is 1.10 bits per heavy atom. The summed E-state index contributed by atoms with van der Waals surface area (Å²) in [5, 5.41) is 4.80. The highest BCUT2D eigenvalue weighted by Gasteiger charge is 2.55. The first-order valence-electron chi connectivity index (χ1n) is 10.7. The monoisotopic (exact) mass is 420 g/mol. The molecule has 3 heterocycles. The molecule has 0 unspecified atom stereocenters. The molecule has 1 amide bonds. The van der Waals surface area contributed by atoms with Gasteiger partial charge in [-0.05, 0) is 60.9 Å². The number of amides is 1. The molecule has 3 aliphatic rings. The van der Waals surface area contributed by atoms with Gasteiger partial charge in [-0.2, -0.15) is 0 Å². The number of nitrogens with zero attached hydrogens (tertiary/aromatic N) is 1. The van der Waals surface area contributed by atoms with E-state index in [9.17, 15) is 4.79 Å². The zero-order valence-corrected chi connectivity index (χ0v) is 17.5. The highest BCUT2D eigenvalue weighted by atomic mass is 32.1. The van der Waals surface area contributed by atoms with Gasteiger partial charge in [-0.25, -0.2) is 0 Å². The van der Waals surface area contributed by atoms with E-state index in [-0.39, 0.29) is 5.91 Å². The van der Waals surface area contributed by atoms with Gasteiger partial charge < -0.3 is 19.7 Å². The average molecular weight is 421 g/mol. The minimum absolute atomic E-state index is 0.0641. The smallest absolute Gasteiger partial charge is 0.292 e. The van der Waals surface area contributed by atoms with Gasteiger partial charge in [0.2, 0.25) is 0 Å². The Bertz CT molecular complexity index is 1080. The third-order valence-corrected chi connectivity index (χ3v) is 7.27. The average Bonchev–Trinajstić information content (AvgIpc) is 3.47. The second kappa shape index (κ2) is 7.08. The van der Waals surface area contributed by atoms with Gasteiger partial charge in [0.15, 0.2) is 0 Å². The zero-order chi connectivity index (χ0) is 20.1. The summed E-state index contributed by atoms with van der Waals surface area (Å²) in [6.45, 7) is 2.59. The summed E-state index contributed by atoms with van der Waals surface area (Å²) in [5.41, 5.74) is 2.75. The van der Waals surface area contributed by atoms with Crippen LogP contribution in [0.4, 0.5) is 11.4 Å². The van der Waals surface area contributed by atoms with E-state index >= 15 is 0 Å². The Balaban J connectivity index is 1.29. The maximum atomic E-state index is 13.3. The molecular formula is C24H24N2O3S. The fourth-order valence-electron chi connectivity index (χ4n) is 4.41. The van der Waals surface area contributed by atoms with Gasteiger partial charge in [0, 0.05) is 33.9 Å². The molecule has 1 saturated carbocycles. The van der Waals surface area contributed by atoms with Crippen LogP contribution in [0.5, 0.6) is 0 Å². The number of hydrogen-bond acceptors (Lipinski definition) is 5. The lowest BCUT2D eigenvalue weighted by atomic mass is 10.1. The van der Waals surface area contributed by atoms with Crippen molar-refractivity contribution in [2.75, 3.05) is 30.0 Å². The molecule has 2 fully saturated rings. The van der Waals surface area contributed by atoms with Crippen molar-refractivity contribution in [3.63, 3.8) is 0 Å². The Morgan fingerprint density at radius 3 is 2.73 bits per heavy atom. The number of benzene rings is 2. The first-order chi connectivity index (χ1) is 14.7. The topological polar surface area (TPSA) is 50.8 Å². The van der Waals surface area contributed by atoms with Crippen molar-refractivity contribution < 1.29 is 14.3 Å². The van der Waals surface area contributed by atoms with Crippen LogP contribution in [0, 0.1) is 5.92 Å².